The van der Waals surface area contributed by atoms with Gasteiger partial charge in [0.15, 0.2) is 0 Å². The van der Waals surface area contributed by atoms with Crippen LogP contribution in [0.1, 0.15) is 5.56 Å². The summed E-state index contributed by atoms with van der Waals surface area (Å²) in [7, 11) is 0. The van der Waals surface area contributed by atoms with Crippen LogP contribution in [0.3, 0.4) is 0 Å². The van der Waals surface area contributed by atoms with Gasteiger partial charge in [-0.25, -0.2) is 0 Å². The molecule has 0 N–H and O–H groups in total. The van der Waals surface area contributed by atoms with Gasteiger partial charge in [-0.05, 0) is 0 Å². The minimum atomic E-state index is -4.33. The maximum atomic E-state index is 13.1. The van der Waals surface area contributed by atoms with Gasteiger partial charge in [0.1, 0.15) is 0 Å². The van der Waals surface area contributed by atoms with E-state index in [4.69, 9.17) is 0 Å². The Kier molecular flexibility index (Phi) is 4.53. The van der Waals surface area contributed by atoms with E-state index in [9.17, 15) is 13.2 Å². The second-order valence-electron chi connectivity index (χ2n) is 5.36. The molecule has 0 spiro atoms. The van der Waals surface area contributed by atoms with Crippen molar-refractivity contribution in [2.45, 2.75) is 6.18 Å². The van der Waals surface area contributed by atoms with Crippen LogP contribution in [0.25, 0.3) is 0 Å². The predicted molar refractivity (Wildman–Crippen MR) is 85.5 cm³/mol. The Balaban J connectivity index is 1.74. The van der Waals surface area contributed by atoms with Crippen molar-refractivity contribution in [2.24, 2.45) is 0 Å². The second kappa shape index (κ2) is 6.44. The van der Waals surface area contributed by atoms with Crippen LogP contribution >= 0.6 is 0 Å². The third-order valence-electron chi connectivity index (χ3n) is 3.89. The van der Waals surface area contributed by atoms with Gasteiger partial charge in [0.2, 0.25) is 0 Å². The quantitative estimate of drug-likeness (QED) is 0.744. The number of para-hydroxylation sites is 1. The minimum absolute atomic E-state index is 0.258. The molecule has 1 fully saturated rings. The predicted octanol–water partition coefficient (Wildman–Crippen LogP) is 2.22. The fraction of sp³-hybridized carbons (Fsp3) is 0.312. The molecule has 3 nitrogen and oxygen atoms in total. The Labute approximate surface area is 141 Å². The summed E-state index contributed by atoms with van der Waals surface area (Å²) in [6.07, 6.45) is -2.55. The topological polar surface area (TPSA) is 19.4 Å². The molecule has 0 saturated carbocycles. The fourth-order valence-corrected chi connectivity index (χ4v) is 3.01. The zero-order chi connectivity index (χ0) is 16.4. The molecule has 0 atom stereocenters. The molecule has 2 heterocycles. The molecule has 2 radical (unpaired) electrons. The van der Waals surface area contributed by atoms with Crippen LogP contribution < -0.4 is 14.2 Å². The molecule has 1 aliphatic rings. The average molecular weight is 381 g/mol. The number of halogens is 3. The number of rotatable bonds is 2. The van der Waals surface area contributed by atoms with Crippen LogP contribution in [-0.4, -0.2) is 48.0 Å². The molecule has 0 unspecified atom stereocenters. The summed E-state index contributed by atoms with van der Waals surface area (Å²) < 4.78 is 40.4. The van der Waals surface area contributed by atoms with Crippen LogP contribution in [0, 0.1) is 0 Å². The van der Waals surface area contributed by atoms with Gasteiger partial charge in [-0.2, -0.15) is 0 Å². The van der Waals surface area contributed by atoms with Gasteiger partial charge in [-0.15, -0.1) is 0 Å². The fourth-order valence-electron chi connectivity index (χ4n) is 2.73. The number of nitrogens with zero attached hydrogens (tertiary/aromatic N) is 3. The van der Waals surface area contributed by atoms with E-state index in [1.54, 1.807) is 23.2 Å². The molecule has 1 aliphatic heterocycles. The molecule has 0 bridgehead atoms. The van der Waals surface area contributed by atoms with Crippen LogP contribution in [-0.2, 0) is 6.18 Å². The van der Waals surface area contributed by atoms with E-state index < -0.39 is 11.7 Å². The van der Waals surface area contributed by atoms with Gasteiger partial charge in [0.25, 0.3) is 0 Å². The standard InChI is InChI=1S/C16H15AsF3N3/c17-12-5-6-15(21-11-12)23-9-7-22(8-10-23)14-4-2-1-3-13(14)16(18,19)20/h1-6,11H,7-10H2. The van der Waals surface area contributed by atoms with Crippen LogP contribution in [0.15, 0.2) is 42.6 Å². The molecule has 7 heteroatoms. The Morgan fingerprint density at radius 2 is 1.57 bits per heavy atom. The van der Waals surface area contributed by atoms with Crippen molar-refractivity contribution in [3.8, 4) is 0 Å². The molecule has 2 aromatic rings. The molecule has 1 saturated heterocycles. The van der Waals surface area contributed by atoms with Crippen molar-refractivity contribution in [2.75, 3.05) is 36.0 Å². The van der Waals surface area contributed by atoms with Crippen molar-refractivity contribution in [3.05, 3.63) is 48.2 Å². The summed E-state index contributed by atoms with van der Waals surface area (Å²) in [6.45, 7) is 2.38. The third kappa shape index (κ3) is 3.63. The number of pyridine rings is 1. The molecular weight excluding hydrogens is 366 g/mol. The second-order valence-corrected chi connectivity index (χ2v) is 6.45. The van der Waals surface area contributed by atoms with E-state index in [0.717, 1.165) is 16.2 Å². The molecule has 1 aromatic carbocycles. The van der Waals surface area contributed by atoms with Crippen LogP contribution in [0.2, 0.25) is 0 Å². The van der Waals surface area contributed by atoms with Crippen molar-refractivity contribution in [3.63, 3.8) is 0 Å². The van der Waals surface area contributed by atoms with Crippen molar-refractivity contribution >= 4 is 32.7 Å². The van der Waals surface area contributed by atoms with Gasteiger partial charge in [-0.1, -0.05) is 0 Å². The van der Waals surface area contributed by atoms with Crippen LogP contribution in [0.5, 0.6) is 0 Å². The Morgan fingerprint density at radius 3 is 2.17 bits per heavy atom. The third-order valence-corrected chi connectivity index (χ3v) is 4.44. The molecular formula is C16H15AsF3N3. The molecule has 23 heavy (non-hydrogen) atoms. The summed E-state index contributed by atoms with van der Waals surface area (Å²) >= 11 is 2.43. The van der Waals surface area contributed by atoms with Gasteiger partial charge >= 0.3 is 141 Å². The number of benzene rings is 1. The van der Waals surface area contributed by atoms with Gasteiger partial charge < -0.3 is 0 Å². The number of hydrogen-bond acceptors (Lipinski definition) is 3. The summed E-state index contributed by atoms with van der Waals surface area (Å²) in [5.74, 6) is 0.864. The van der Waals surface area contributed by atoms with E-state index in [0.29, 0.717) is 26.2 Å². The summed E-state index contributed by atoms with van der Waals surface area (Å²) in [6, 6.07) is 9.66. The Morgan fingerprint density at radius 1 is 0.913 bits per heavy atom. The van der Waals surface area contributed by atoms with Crippen LogP contribution in [0.4, 0.5) is 24.7 Å². The molecule has 120 valence electrons. The number of alkyl halides is 3. The molecule has 0 aliphatic carbocycles. The number of piperazine rings is 1. The first-order valence-corrected chi connectivity index (χ1v) is 8.20. The zero-order valence-corrected chi connectivity index (χ0v) is 14.2. The van der Waals surface area contributed by atoms with E-state index in [1.807, 2.05) is 12.1 Å². The number of hydrogen-bond donors (Lipinski definition) is 0. The monoisotopic (exact) mass is 381 g/mol. The molecule has 3 rings (SSSR count). The SMILES string of the molecule is FC(F)(F)c1ccccc1N1CCN(c2ccc([As])cn2)CC1. The first-order chi connectivity index (χ1) is 10.9. The van der Waals surface area contributed by atoms with Gasteiger partial charge in [0.05, 0.1) is 0 Å². The number of aromatic nitrogens is 1. The van der Waals surface area contributed by atoms with E-state index >= 15 is 0 Å². The molecule has 0 amide bonds. The van der Waals surface area contributed by atoms with Gasteiger partial charge in [0, 0.05) is 0 Å². The summed E-state index contributed by atoms with van der Waals surface area (Å²) in [5, 5.41) is 0. The molecule has 1 aromatic heterocycles. The Bertz CT molecular complexity index is 665. The maximum absolute atomic E-state index is 13.1. The first kappa shape index (κ1) is 16.2. The Hall–Kier alpha value is -1.68. The average Bonchev–Trinajstić information content (AvgIpc) is 2.55. The van der Waals surface area contributed by atoms with Crippen molar-refractivity contribution in [1.82, 2.24) is 4.98 Å². The van der Waals surface area contributed by atoms with E-state index in [1.165, 1.54) is 6.07 Å². The zero-order valence-electron chi connectivity index (χ0n) is 12.3. The summed E-state index contributed by atoms with van der Waals surface area (Å²) in [4.78, 5) is 8.26. The summed E-state index contributed by atoms with van der Waals surface area (Å²) in [5.41, 5.74) is -0.312. The normalized spacial score (nSPS) is 15.8. The van der Waals surface area contributed by atoms with E-state index in [-0.39, 0.29) is 5.69 Å². The first-order valence-electron chi connectivity index (χ1n) is 7.26. The number of anilines is 2. The van der Waals surface area contributed by atoms with Crippen molar-refractivity contribution < 1.29 is 13.2 Å². The van der Waals surface area contributed by atoms with Crippen molar-refractivity contribution in [1.29, 1.82) is 0 Å². The van der Waals surface area contributed by atoms with E-state index in [2.05, 4.69) is 26.7 Å². The van der Waals surface area contributed by atoms with Gasteiger partial charge in [-0.3, -0.25) is 0 Å².